The molecule has 2 nitrogen and oxygen atoms in total. The molecule has 0 unspecified atom stereocenters. The maximum absolute atomic E-state index is 2.58. The molecule has 0 N–H and O–H groups in total. The SMILES string of the molecule is CN(CCN(C)C1CCC(C2=CCCC=C2)CC1)c1ccccc1. The van der Waals surface area contributed by atoms with Crippen molar-refractivity contribution in [3.63, 3.8) is 0 Å². The van der Waals surface area contributed by atoms with Gasteiger partial charge in [-0.15, -0.1) is 0 Å². The Hall–Kier alpha value is -1.54. The molecule has 1 fully saturated rings. The Labute approximate surface area is 147 Å². The van der Waals surface area contributed by atoms with Crippen molar-refractivity contribution in [2.75, 3.05) is 32.1 Å². The number of hydrogen-bond acceptors (Lipinski definition) is 2. The summed E-state index contributed by atoms with van der Waals surface area (Å²) in [5.74, 6) is 0.818. The molecule has 2 aliphatic rings. The van der Waals surface area contributed by atoms with Gasteiger partial charge in [-0.25, -0.2) is 0 Å². The second-order valence-electron chi connectivity index (χ2n) is 7.43. The van der Waals surface area contributed by atoms with Crippen LogP contribution in [0.1, 0.15) is 38.5 Å². The van der Waals surface area contributed by atoms with Crippen molar-refractivity contribution in [1.29, 1.82) is 0 Å². The van der Waals surface area contributed by atoms with Crippen LogP contribution in [0.2, 0.25) is 0 Å². The van der Waals surface area contributed by atoms with Crippen molar-refractivity contribution >= 4 is 5.69 Å². The number of nitrogens with zero attached hydrogens (tertiary/aromatic N) is 2. The number of allylic oxidation sites excluding steroid dienone is 4. The van der Waals surface area contributed by atoms with E-state index in [4.69, 9.17) is 0 Å². The van der Waals surface area contributed by atoms with Crippen molar-refractivity contribution in [2.24, 2.45) is 5.92 Å². The lowest BCUT2D eigenvalue weighted by atomic mass is 9.79. The third-order valence-electron chi connectivity index (χ3n) is 5.80. The summed E-state index contributed by atoms with van der Waals surface area (Å²) in [7, 11) is 4.51. The van der Waals surface area contributed by atoms with Gasteiger partial charge in [-0.3, -0.25) is 0 Å². The molecule has 24 heavy (non-hydrogen) atoms. The second kappa shape index (κ2) is 8.53. The fourth-order valence-corrected chi connectivity index (χ4v) is 4.09. The molecule has 0 aromatic heterocycles. The second-order valence-corrected chi connectivity index (χ2v) is 7.43. The van der Waals surface area contributed by atoms with Gasteiger partial charge in [-0.05, 0) is 69.2 Å². The number of benzene rings is 1. The molecule has 3 rings (SSSR count). The Bertz CT molecular complexity index is 553. The highest BCUT2D eigenvalue weighted by atomic mass is 15.2. The van der Waals surface area contributed by atoms with Crippen LogP contribution in [0.4, 0.5) is 5.69 Å². The van der Waals surface area contributed by atoms with E-state index in [1.807, 2.05) is 0 Å². The fourth-order valence-electron chi connectivity index (χ4n) is 4.09. The van der Waals surface area contributed by atoms with E-state index >= 15 is 0 Å². The lowest BCUT2D eigenvalue weighted by molar-refractivity contribution is 0.178. The van der Waals surface area contributed by atoms with Gasteiger partial charge < -0.3 is 9.80 Å². The Morgan fingerprint density at radius 3 is 2.33 bits per heavy atom. The van der Waals surface area contributed by atoms with Crippen LogP contribution >= 0.6 is 0 Å². The average Bonchev–Trinajstić information content (AvgIpc) is 2.67. The third-order valence-corrected chi connectivity index (χ3v) is 5.80. The van der Waals surface area contributed by atoms with Gasteiger partial charge in [0.1, 0.15) is 0 Å². The van der Waals surface area contributed by atoms with Crippen LogP contribution in [0, 0.1) is 5.92 Å². The molecule has 0 atom stereocenters. The quantitative estimate of drug-likeness (QED) is 0.735. The zero-order chi connectivity index (χ0) is 16.8. The smallest absolute Gasteiger partial charge is 0.0364 e. The Balaban J connectivity index is 1.43. The van der Waals surface area contributed by atoms with E-state index in [0.29, 0.717) is 0 Å². The molecular weight excluding hydrogens is 292 g/mol. The van der Waals surface area contributed by atoms with Crippen LogP contribution in [-0.2, 0) is 0 Å². The summed E-state index contributed by atoms with van der Waals surface area (Å²) >= 11 is 0. The minimum atomic E-state index is 0.763. The van der Waals surface area contributed by atoms with E-state index < -0.39 is 0 Å². The van der Waals surface area contributed by atoms with E-state index in [1.54, 1.807) is 5.57 Å². The normalized spacial score (nSPS) is 24.0. The lowest BCUT2D eigenvalue weighted by Gasteiger charge is -2.36. The van der Waals surface area contributed by atoms with Gasteiger partial charge in [0.15, 0.2) is 0 Å². The van der Waals surface area contributed by atoms with Crippen LogP contribution in [0.5, 0.6) is 0 Å². The fraction of sp³-hybridized carbons (Fsp3) is 0.545. The molecule has 0 heterocycles. The van der Waals surface area contributed by atoms with Crippen LogP contribution in [0.25, 0.3) is 0 Å². The molecule has 0 aliphatic heterocycles. The molecule has 2 aliphatic carbocycles. The molecule has 2 heteroatoms. The van der Waals surface area contributed by atoms with Gasteiger partial charge in [0.05, 0.1) is 0 Å². The number of rotatable bonds is 6. The monoisotopic (exact) mass is 324 g/mol. The largest absolute Gasteiger partial charge is 0.373 e. The van der Waals surface area contributed by atoms with Crippen LogP contribution < -0.4 is 4.90 Å². The molecular formula is C22H32N2. The van der Waals surface area contributed by atoms with Gasteiger partial charge in [0.2, 0.25) is 0 Å². The number of para-hydroxylation sites is 1. The van der Waals surface area contributed by atoms with E-state index in [1.165, 1.54) is 44.2 Å². The molecule has 1 aromatic carbocycles. The van der Waals surface area contributed by atoms with Crippen molar-refractivity contribution in [2.45, 2.75) is 44.6 Å². The summed E-state index contributed by atoms with van der Waals surface area (Å²) in [5, 5.41) is 0. The van der Waals surface area contributed by atoms with Crippen LogP contribution in [0.15, 0.2) is 54.1 Å². The molecule has 1 aromatic rings. The van der Waals surface area contributed by atoms with Crippen LogP contribution in [-0.4, -0.2) is 38.1 Å². The number of anilines is 1. The van der Waals surface area contributed by atoms with Crippen LogP contribution in [0.3, 0.4) is 0 Å². The van der Waals surface area contributed by atoms with Crippen molar-refractivity contribution in [3.05, 3.63) is 54.1 Å². The summed E-state index contributed by atoms with van der Waals surface area (Å²) in [6.45, 7) is 2.23. The highest BCUT2D eigenvalue weighted by molar-refractivity contribution is 5.44. The third kappa shape index (κ3) is 4.51. The first-order chi connectivity index (χ1) is 11.7. The summed E-state index contributed by atoms with van der Waals surface area (Å²) < 4.78 is 0. The topological polar surface area (TPSA) is 6.48 Å². The van der Waals surface area contributed by atoms with E-state index in [9.17, 15) is 0 Å². The first kappa shape index (κ1) is 17.3. The zero-order valence-electron chi connectivity index (χ0n) is 15.3. The Kier molecular flexibility index (Phi) is 6.14. The van der Waals surface area contributed by atoms with E-state index in [0.717, 1.165) is 25.0 Å². The van der Waals surface area contributed by atoms with Crippen molar-refractivity contribution in [1.82, 2.24) is 4.90 Å². The number of likely N-dealkylation sites (N-methyl/N-ethyl adjacent to an activating group) is 2. The van der Waals surface area contributed by atoms with Gasteiger partial charge in [0.25, 0.3) is 0 Å². The summed E-state index contributed by atoms with van der Waals surface area (Å²) in [5.41, 5.74) is 2.93. The summed E-state index contributed by atoms with van der Waals surface area (Å²) in [6.07, 6.45) is 15.1. The molecule has 1 saturated carbocycles. The molecule has 0 radical (unpaired) electrons. The summed E-state index contributed by atoms with van der Waals surface area (Å²) in [4.78, 5) is 4.94. The Morgan fingerprint density at radius 2 is 1.67 bits per heavy atom. The van der Waals surface area contributed by atoms with E-state index in [2.05, 4.69) is 72.5 Å². The van der Waals surface area contributed by atoms with E-state index in [-0.39, 0.29) is 0 Å². The molecule has 0 saturated heterocycles. The van der Waals surface area contributed by atoms with Gasteiger partial charge in [-0.2, -0.15) is 0 Å². The standard InChI is InChI=1S/C22H32N2/c1-23(21-11-7-4-8-12-21)17-18-24(2)22-15-13-20(14-16-22)19-9-5-3-6-10-19/h4-5,7-12,20,22H,3,6,13-18H2,1-2H3. The Morgan fingerprint density at radius 1 is 0.917 bits per heavy atom. The van der Waals surface area contributed by atoms with Crippen molar-refractivity contribution < 1.29 is 0 Å². The minimum absolute atomic E-state index is 0.763. The molecule has 0 spiro atoms. The average molecular weight is 325 g/mol. The maximum Gasteiger partial charge on any atom is 0.0364 e. The number of hydrogen-bond donors (Lipinski definition) is 0. The van der Waals surface area contributed by atoms with Gasteiger partial charge >= 0.3 is 0 Å². The predicted molar refractivity (Wildman–Crippen MR) is 105 cm³/mol. The zero-order valence-corrected chi connectivity index (χ0v) is 15.3. The van der Waals surface area contributed by atoms with Crippen molar-refractivity contribution in [3.8, 4) is 0 Å². The highest BCUT2D eigenvalue weighted by Gasteiger charge is 2.25. The lowest BCUT2D eigenvalue weighted by Crippen LogP contribution is -2.39. The summed E-state index contributed by atoms with van der Waals surface area (Å²) in [6, 6.07) is 11.5. The minimum Gasteiger partial charge on any atom is -0.373 e. The predicted octanol–water partition coefficient (Wildman–Crippen LogP) is 4.89. The first-order valence-corrected chi connectivity index (χ1v) is 9.57. The molecule has 0 bridgehead atoms. The van der Waals surface area contributed by atoms with Gasteiger partial charge in [0, 0.05) is 31.9 Å². The molecule has 130 valence electrons. The maximum atomic E-state index is 2.58. The molecule has 0 amide bonds. The highest BCUT2D eigenvalue weighted by Crippen LogP contribution is 2.33. The van der Waals surface area contributed by atoms with Gasteiger partial charge in [-0.1, -0.05) is 36.4 Å². The first-order valence-electron chi connectivity index (χ1n) is 9.57.